The molecule has 0 spiro atoms. The van der Waals surface area contributed by atoms with Crippen molar-refractivity contribution in [3.63, 3.8) is 0 Å². The van der Waals surface area contributed by atoms with E-state index in [-0.39, 0.29) is 11.6 Å². The molecule has 1 fully saturated rings. The van der Waals surface area contributed by atoms with Crippen LogP contribution in [0.5, 0.6) is 0 Å². The third-order valence-corrected chi connectivity index (χ3v) is 4.21. The molecule has 1 N–H and O–H groups in total. The first kappa shape index (κ1) is 16.2. The molecule has 1 heterocycles. The van der Waals surface area contributed by atoms with Crippen molar-refractivity contribution in [1.82, 2.24) is 5.32 Å². The van der Waals surface area contributed by atoms with Gasteiger partial charge >= 0.3 is 0 Å². The molecule has 1 aliphatic rings. The van der Waals surface area contributed by atoms with E-state index in [9.17, 15) is 14.9 Å². The van der Waals surface area contributed by atoms with Crippen molar-refractivity contribution in [2.45, 2.75) is 0 Å². The lowest BCUT2D eigenvalue weighted by Crippen LogP contribution is -2.19. The molecule has 2 aromatic rings. The van der Waals surface area contributed by atoms with Gasteiger partial charge in [-0.3, -0.25) is 14.9 Å². The zero-order valence-corrected chi connectivity index (χ0v) is 13.7. The lowest BCUT2D eigenvalue weighted by atomic mass is 10.2. The Kier molecular flexibility index (Phi) is 4.64. The van der Waals surface area contributed by atoms with Crippen molar-refractivity contribution >= 4 is 51.9 Å². The van der Waals surface area contributed by atoms with Crippen LogP contribution in [0.15, 0.2) is 58.4 Å². The summed E-state index contributed by atoms with van der Waals surface area (Å²) >= 11 is 7.07. The van der Waals surface area contributed by atoms with Gasteiger partial charge in [0.15, 0.2) is 5.17 Å². The largest absolute Gasteiger partial charge is 0.300 e. The zero-order valence-electron chi connectivity index (χ0n) is 12.1. The number of amidine groups is 1. The minimum Gasteiger partial charge on any atom is -0.300 e. The first-order valence-corrected chi connectivity index (χ1v) is 8.00. The Balaban J connectivity index is 1.84. The smallest absolute Gasteiger partial charge is 0.270 e. The van der Waals surface area contributed by atoms with E-state index in [1.165, 1.54) is 23.9 Å². The van der Waals surface area contributed by atoms with E-state index in [1.54, 1.807) is 42.5 Å². The van der Waals surface area contributed by atoms with Crippen molar-refractivity contribution in [2.24, 2.45) is 4.99 Å². The molecule has 0 aliphatic carbocycles. The minimum atomic E-state index is -0.476. The molecule has 3 rings (SSSR count). The van der Waals surface area contributed by atoms with Gasteiger partial charge in [-0.05, 0) is 41.6 Å². The summed E-state index contributed by atoms with van der Waals surface area (Å²) in [5, 5.41) is 14.5. The van der Waals surface area contributed by atoms with Crippen LogP contribution >= 0.6 is 23.4 Å². The number of rotatable bonds is 3. The molecule has 1 amide bonds. The summed E-state index contributed by atoms with van der Waals surface area (Å²) in [6, 6.07) is 13.0. The Morgan fingerprint density at radius 1 is 1.21 bits per heavy atom. The summed E-state index contributed by atoms with van der Waals surface area (Å²) in [7, 11) is 0. The summed E-state index contributed by atoms with van der Waals surface area (Å²) in [5.74, 6) is -0.299. The summed E-state index contributed by atoms with van der Waals surface area (Å²) in [6.45, 7) is 0. The highest BCUT2D eigenvalue weighted by Gasteiger charge is 2.24. The van der Waals surface area contributed by atoms with E-state index in [4.69, 9.17) is 11.6 Å². The molecule has 1 saturated heterocycles. The number of hydrogen-bond donors (Lipinski definition) is 1. The van der Waals surface area contributed by atoms with E-state index < -0.39 is 4.92 Å². The normalized spacial score (nSPS) is 17.3. The highest BCUT2D eigenvalue weighted by Crippen LogP contribution is 2.29. The van der Waals surface area contributed by atoms with Crippen LogP contribution < -0.4 is 5.32 Å². The Hall–Kier alpha value is -2.64. The number of nitro groups is 1. The lowest BCUT2D eigenvalue weighted by molar-refractivity contribution is -0.384. The Labute approximate surface area is 146 Å². The average molecular weight is 360 g/mol. The van der Waals surface area contributed by atoms with Crippen molar-refractivity contribution in [3.8, 4) is 0 Å². The van der Waals surface area contributed by atoms with Gasteiger partial charge in [0.05, 0.1) is 15.5 Å². The van der Waals surface area contributed by atoms with Gasteiger partial charge < -0.3 is 5.32 Å². The van der Waals surface area contributed by atoms with Gasteiger partial charge in [0.1, 0.15) is 0 Å². The highest BCUT2D eigenvalue weighted by atomic mass is 35.5. The van der Waals surface area contributed by atoms with Crippen LogP contribution in [-0.2, 0) is 4.79 Å². The van der Waals surface area contributed by atoms with Crippen LogP contribution in [0, 0.1) is 10.1 Å². The number of carbonyl (C=O) groups is 1. The second-order valence-corrected chi connectivity index (χ2v) is 6.28. The maximum Gasteiger partial charge on any atom is 0.270 e. The molecule has 0 atom stereocenters. The molecule has 120 valence electrons. The van der Waals surface area contributed by atoms with E-state index in [2.05, 4.69) is 10.3 Å². The van der Waals surface area contributed by atoms with Crippen LogP contribution in [0.25, 0.3) is 6.08 Å². The number of amides is 1. The number of thioether (sulfide) groups is 1. The predicted molar refractivity (Wildman–Crippen MR) is 95.4 cm³/mol. The molecule has 8 heteroatoms. The van der Waals surface area contributed by atoms with E-state index in [0.29, 0.717) is 26.3 Å². The maximum atomic E-state index is 12.0. The van der Waals surface area contributed by atoms with Crippen LogP contribution in [0.2, 0.25) is 5.02 Å². The number of benzene rings is 2. The molecular formula is C16H10ClN3O3S. The molecular weight excluding hydrogens is 350 g/mol. The van der Waals surface area contributed by atoms with Gasteiger partial charge in [0.25, 0.3) is 11.6 Å². The topological polar surface area (TPSA) is 84.6 Å². The number of carbonyl (C=O) groups excluding carboxylic acids is 1. The van der Waals surface area contributed by atoms with Crippen LogP contribution in [0.1, 0.15) is 5.56 Å². The molecule has 6 nitrogen and oxygen atoms in total. The van der Waals surface area contributed by atoms with Gasteiger partial charge in [-0.2, -0.15) is 0 Å². The first-order chi connectivity index (χ1) is 11.5. The number of non-ortho nitro benzene ring substituents is 1. The Morgan fingerprint density at radius 2 is 2.00 bits per heavy atom. The van der Waals surface area contributed by atoms with Crippen LogP contribution in [-0.4, -0.2) is 16.0 Å². The van der Waals surface area contributed by atoms with E-state index in [0.717, 1.165) is 0 Å². The minimum absolute atomic E-state index is 0.0272. The fourth-order valence-electron chi connectivity index (χ4n) is 2.02. The Morgan fingerprint density at radius 3 is 2.75 bits per heavy atom. The van der Waals surface area contributed by atoms with Crippen molar-refractivity contribution in [3.05, 3.63) is 74.1 Å². The Bertz CT molecular complexity index is 896. The average Bonchev–Trinajstić information content (AvgIpc) is 2.87. The van der Waals surface area contributed by atoms with Gasteiger partial charge in [-0.15, -0.1) is 0 Å². The molecule has 0 unspecified atom stereocenters. The summed E-state index contributed by atoms with van der Waals surface area (Å²) < 4.78 is 0. The molecule has 0 bridgehead atoms. The monoisotopic (exact) mass is 359 g/mol. The lowest BCUT2D eigenvalue weighted by Gasteiger charge is -1.96. The number of hydrogen-bond acceptors (Lipinski definition) is 5. The van der Waals surface area contributed by atoms with E-state index in [1.807, 2.05) is 0 Å². The van der Waals surface area contributed by atoms with Gasteiger partial charge in [-0.1, -0.05) is 29.8 Å². The highest BCUT2D eigenvalue weighted by molar-refractivity contribution is 8.18. The molecule has 0 radical (unpaired) electrons. The molecule has 0 saturated carbocycles. The zero-order chi connectivity index (χ0) is 17.1. The molecule has 0 aromatic heterocycles. The number of nitrogens with zero attached hydrogens (tertiary/aromatic N) is 2. The molecule has 2 aromatic carbocycles. The summed E-state index contributed by atoms with van der Waals surface area (Å²) in [4.78, 5) is 27.1. The SMILES string of the molecule is O=C1NC(=Nc2cccc(Cl)c2)S/C1=C\c1cccc([N+](=O)[O-])c1. The number of halogens is 1. The third kappa shape index (κ3) is 3.81. The standard InChI is InChI=1S/C16H10ClN3O3S/c17-11-4-2-5-12(9-11)18-16-19-15(21)14(24-16)8-10-3-1-6-13(7-10)20(22)23/h1-9H,(H,18,19,21)/b14-8-. The maximum absolute atomic E-state index is 12.0. The van der Waals surface area contributed by atoms with Crippen molar-refractivity contribution in [1.29, 1.82) is 0 Å². The van der Waals surface area contributed by atoms with Gasteiger partial charge in [0, 0.05) is 17.2 Å². The van der Waals surface area contributed by atoms with Gasteiger partial charge in [0.2, 0.25) is 0 Å². The van der Waals surface area contributed by atoms with Gasteiger partial charge in [-0.25, -0.2) is 4.99 Å². The number of aliphatic imine (C=N–C) groups is 1. The number of nitro benzene ring substituents is 1. The van der Waals surface area contributed by atoms with Crippen LogP contribution in [0.3, 0.4) is 0 Å². The quantitative estimate of drug-likeness (QED) is 0.507. The second-order valence-electron chi connectivity index (χ2n) is 4.81. The number of nitrogens with one attached hydrogen (secondary N) is 1. The fourth-order valence-corrected chi connectivity index (χ4v) is 3.05. The van der Waals surface area contributed by atoms with Crippen molar-refractivity contribution in [2.75, 3.05) is 0 Å². The fraction of sp³-hybridized carbons (Fsp3) is 0. The third-order valence-electron chi connectivity index (χ3n) is 3.07. The van der Waals surface area contributed by atoms with Crippen LogP contribution in [0.4, 0.5) is 11.4 Å². The second kappa shape index (κ2) is 6.86. The predicted octanol–water partition coefficient (Wildman–Crippen LogP) is 4.14. The summed E-state index contributed by atoms with van der Waals surface area (Å²) in [5.41, 5.74) is 1.17. The molecule has 1 aliphatic heterocycles. The molecule has 24 heavy (non-hydrogen) atoms. The first-order valence-electron chi connectivity index (χ1n) is 6.81. The summed E-state index contributed by atoms with van der Waals surface area (Å²) in [6.07, 6.45) is 1.59. The van der Waals surface area contributed by atoms with Crippen molar-refractivity contribution < 1.29 is 9.72 Å². The van der Waals surface area contributed by atoms with E-state index >= 15 is 0 Å².